The zero-order valence-corrected chi connectivity index (χ0v) is 19.3. The van der Waals surface area contributed by atoms with E-state index in [2.05, 4.69) is 18.2 Å². The maximum atomic E-state index is 13.5. The number of likely N-dealkylation sites (N-methyl/N-ethyl adjacent to an activating group) is 1. The molecule has 0 saturated heterocycles. The lowest BCUT2D eigenvalue weighted by Gasteiger charge is -2.40. The van der Waals surface area contributed by atoms with Crippen LogP contribution in [0.5, 0.6) is 5.75 Å². The minimum atomic E-state index is -0.882. The van der Waals surface area contributed by atoms with Crippen molar-refractivity contribution in [1.29, 1.82) is 5.26 Å². The third-order valence-electron chi connectivity index (χ3n) is 6.63. The molecule has 1 aromatic heterocycles. The molecule has 6 nitrogen and oxygen atoms in total. The van der Waals surface area contributed by atoms with Crippen LogP contribution >= 0.6 is 11.3 Å². The van der Waals surface area contributed by atoms with E-state index in [0.29, 0.717) is 11.5 Å². The van der Waals surface area contributed by atoms with Gasteiger partial charge in [-0.1, -0.05) is 24.3 Å². The second-order valence-corrected chi connectivity index (χ2v) is 9.88. The fourth-order valence-electron chi connectivity index (χ4n) is 4.56. The Hall–Kier alpha value is -3.63. The fraction of sp³-hybridized carbons (Fsp3) is 0.269. The number of guanidine groups is 1. The molecule has 1 aliphatic carbocycles. The zero-order valence-electron chi connectivity index (χ0n) is 18.4. The number of hydrogen-bond donors (Lipinski definition) is 2. The Morgan fingerprint density at radius 1 is 1.15 bits per heavy atom. The average Bonchev–Trinajstić information content (AvgIpc) is 3.52. The molecular formula is C26H24N4O2S. The van der Waals surface area contributed by atoms with Gasteiger partial charge in [0.05, 0.1) is 17.6 Å². The van der Waals surface area contributed by atoms with Crippen molar-refractivity contribution in [2.75, 3.05) is 7.05 Å². The van der Waals surface area contributed by atoms with E-state index in [1.807, 2.05) is 30.5 Å². The molecule has 3 aromatic rings. The lowest BCUT2D eigenvalue weighted by Crippen LogP contribution is -2.52. The van der Waals surface area contributed by atoms with Gasteiger partial charge in [-0.2, -0.15) is 5.26 Å². The van der Waals surface area contributed by atoms with Crippen molar-refractivity contribution in [2.45, 2.75) is 37.1 Å². The van der Waals surface area contributed by atoms with Gasteiger partial charge in [0.15, 0.2) is 5.96 Å². The van der Waals surface area contributed by atoms with E-state index in [0.717, 1.165) is 21.6 Å². The van der Waals surface area contributed by atoms with Gasteiger partial charge in [0.25, 0.3) is 0 Å². The van der Waals surface area contributed by atoms with Crippen molar-refractivity contribution in [2.24, 2.45) is 10.7 Å². The number of hydrogen-bond acceptors (Lipinski definition) is 6. The summed E-state index contributed by atoms with van der Waals surface area (Å²) in [5, 5.41) is 21.2. The van der Waals surface area contributed by atoms with Crippen LogP contribution in [-0.2, 0) is 10.3 Å². The lowest BCUT2D eigenvalue weighted by molar-refractivity contribution is -0.130. The zero-order chi connectivity index (χ0) is 23.3. The number of amides is 1. The number of aromatic hydroxyl groups is 1. The topological polar surface area (TPSA) is 103 Å². The van der Waals surface area contributed by atoms with Crippen molar-refractivity contribution in [3.63, 3.8) is 0 Å². The molecule has 7 heteroatoms. The third kappa shape index (κ3) is 3.66. The maximum absolute atomic E-state index is 13.5. The van der Waals surface area contributed by atoms with Gasteiger partial charge in [0.1, 0.15) is 11.3 Å². The van der Waals surface area contributed by atoms with Gasteiger partial charge in [-0.15, -0.1) is 11.3 Å². The summed E-state index contributed by atoms with van der Waals surface area (Å²) < 4.78 is 0. The highest BCUT2D eigenvalue weighted by atomic mass is 32.1. The van der Waals surface area contributed by atoms with Gasteiger partial charge in [-0.3, -0.25) is 9.69 Å². The normalized spacial score (nSPS) is 22.7. The number of rotatable bonds is 4. The lowest BCUT2D eigenvalue weighted by atomic mass is 9.77. The quantitative estimate of drug-likeness (QED) is 0.596. The number of thiophene rings is 1. The molecule has 166 valence electrons. The molecule has 5 rings (SSSR count). The summed E-state index contributed by atoms with van der Waals surface area (Å²) in [4.78, 5) is 20.6. The first-order chi connectivity index (χ1) is 15.8. The number of nitrogens with zero attached hydrogens (tertiary/aromatic N) is 3. The molecule has 33 heavy (non-hydrogen) atoms. The summed E-state index contributed by atoms with van der Waals surface area (Å²) in [7, 11) is 1.66. The van der Waals surface area contributed by atoms with Crippen LogP contribution in [0.25, 0.3) is 11.1 Å². The molecule has 2 aromatic carbocycles. The summed E-state index contributed by atoms with van der Waals surface area (Å²) in [6.07, 6.45) is 2.45. The minimum Gasteiger partial charge on any atom is -0.508 e. The number of nitrogens with two attached hydrogens (primary N) is 1. The Balaban J connectivity index is 1.59. The smallest absolute Gasteiger partial charge is 0.239 e. The van der Waals surface area contributed by atoms with E-state index in [-0.39, 0.29) is 17.6 Å². The van der Waals surface area contributed by atoms with Crippen LogP contribution in [0.3, 0.4) is 0 Å². The van der Waals surface area contributed by atoms with E-state index in [1.165, 1.54) is 40.7 Å². The average molecular weight is 457 g/mol. The van der Waals surface area contributed by atoms with Crippen molar-refractivity contribution in [1.82, 2.24) is 4.90 Å². The summed E-state index contributed by atoms with van der Waals surface area (Å²) in [6, 6.07) is 17.2. The summed E-state index contributed by atoms with van der Waals surface area (Å²) >= 11 is 1.49. The number of phenolic OH excluding ortho intramolecular Hbond substituents is 1. The van der Waals surface area contributed by atoms with E-state index < -0.39 is 11.5 Å². The van der Waals surface area contributed by atoms with Crippen LogP contribution in [0, 0.1) is 11.3 Å². The minimum absolute atomic E-state index is 0.0355. The monoisotopic (exact) mass is 456 g/mol. The Bertz CT molecular complexity index is 1320. The first-order valence-electron chi connectivity index (χ1n) is 10.9. The summed E-state index contributed by atoms with van der Waals surface area (Å²) in [5.74, 6) is 0.252. The molecule has 1 amide bonds. The molecule has 2 aliphatic rings. The molecule has 0 unspecified atom stereocenters. The van der Waals surface area contributed by atoms with Crippen LogP contribution in [0.2, 0.25) is 0 Å². The molecule has 1 fully saturated rings. The number of phenols is 1. The molecule has 1 aliphatic heterocycles. The number of benzene rings is 2. The fourth-order valence-corrected chi connectivity index (χ4v) is 5.62. The highest BCUT2D eigenvalue weighted by Crippen LogP contribution is 2.48. The van der Waals surface area contributed by atoms with Crippen LogP contribution < -0.4 is 5.73 Å². The van der Waals surface area contributed by atoms with Crippen LogP contribution in [0.4, 0.5) is 0 Å². The van der Waals surface area contributed by atoms with Gasteiger partial charge < -0.3 is 10.8 Å². The van der Waals surface area contributed by atoms with E-state index in [9.17, 15) is 15.2 Å². The Kier molecular flexibility index (Phi) is 4.98. The van der Waals surface area contributed by atoms with Gasteiger partial charge >= 0.3 is 0 Å². The third-order valence-corrected chi connectivity index (χ3v) is 7.78. The number of carbonyl (C=O) groups is 1. The van der Waals surface area contributed by atoms with E-state index in [1.54, 1.807) is 19.2 Å². The van der Waals surface area contributed by atoms with Crippen molar-refractivity contribution in [3.8, 4) is 22.9 Å². The van der Waals surface area contributed by atoms with Crippen LogP contribution in [0.15, 0.2) is 58.9 Å². The van der Waals surface area contributed by atoms with Crippen molar-refractivity contribution in [3.05, 3.63) is 75.5 Å². The molecule has 0 radical (unpaired) electrons. The molecule has 1 saturated carbocycles. The van der Waals surface area contributed by atoms with E-state index in [4.69, 9.17) is 10.7 Å². The molecular weight excluding hydrogens is 432 g/mol. The van der Waals surface area contributed by atoms with Crippen LogP contribution in [-0.4, -0.2) is 28.9 Å². The van der Waals surface area contributed by atoms with Crippen molar-refractivity contribution < 1.29 is 9.90 Å². The van der Waals surface area contributed by atoms with Gasteiger partial charge in [0, 0.05) is 11.9 Å². The number of nitriles is 1. The number of carbonyl (C=O) groups excluding carboxylic acids is 1. The molecule has 0 bridgehead atoms. The predicted molar refractivity (Wildman–Crippen MR) is 129 cm³/mol. The SMILES string of the molecule is CN1C(=O)[C@H](c2ccc(C3CC3)cc2)[C@@](C)(c2cc(-c3cc(O)cc(C#N)c3)cs2)N=C1N. The Morgan fingerprint density at radius 2 is 1.85 bits per heavy atom. The summed E-state index contributed by atoms with van der Waals surface area (Å²) in [5.41, 5.74) is 9.48. The first-order valence-corrected chi connectivity index (χ1v) is 11.7. The van der Waals surface area contributed by atoms with Crippen molar-refractivity contribution >= 4 is 23.2 Å². The second-order valence-electron chi connectivity index (χ2n) is 8.97. The highest BCUT2D eigenvalue weighted by Gasteiger charge is 2.48. The van der Waals surface area contributed by atoms with Crippen LogP contribution in [0.1, 0.15) is 53.2 Å². The Morgan fingerprint density at radius 3 is 2.52 bits per heavy atom. The first kappa shape index (κ1) is 21.2. The molecule has 2 atom stereocenters. The van der Waals surface area contributed by atoms with Gasteiger partial charge in [-0.05, 0) is 77.6 Å². The highest BCUT2D eigenvalue weighted by molar-refractivity contribution is 7.10. The number of aliphatic imine (C=N–C) groups is 1. The summed E-state index contributed by atoms with van der Waals surface area (Å²) in [6.45, 7) is 1.95. The maximum Gasteiger partial charge on any atom is 0.239 e. The molecule has 2 heterocycles. The molecule has 3 N–H and O–H groups in total. The second kappa shape index (κ2) is 7.75. The van der Waals surface area contributed by atoms with Gasteiger partial charge in [-0.25, -0.2) is 4.99 Å². The standard InChI is InChI=1S/C26H24N4O2S/c1-26(22-12-20(14-33-22)19-9-15(13-27)10-21(31)11-19)23(24(32)30(2)25(28)29-26)18-7-5-17(6-8-18)16-3-4-16/h5-12,14,16,23,31H,3-4H2,1-2H3,(H2,28,29)/t23-,26+/m0/s1. The largest absolute Gasteiger partial charge is 0.508 e. The van der Waals surface area contributed by atoms with E-state index >= 15 is 0 Å². The predicted octanol–water partition coefficient (Wildman–Crippen LogP) is 4.66. The van der Waals surface area contributed by atoms with Gasteiger partial charge in [0.2, 0.25) is 5.91 Å². The molecule has 0 spiro atoms. The Labute approximate surface area is 196 Å².